The summed E-state index contributed by atoms with van der Waals surface area (Å²) >= 11 is 0. The van der Waals surface area contributed by atoms with Gasteiger partial charge in [-0.3, -0.25) is 0 Å². The molecule has 1 aliphatic rings. The summed E-state index contributed by atoms with van der Waals surface area (Å²) in [6.07, 6.45) is 3.96. The molecule has 2 N–H and O–H groups in total. The normalized spacial score (nSPS) is 19.9. The fourth-order valence-electron chi connectivity index (χ4n) is 3.23. The highest BCUT2D eigenvalue weighted by Gasteiger charge is 2.20. The highest BCUT2D eigenvalue weighted by molar-refractivity contribution is 5.96. The average Bonchev–Trinajstić information content (AvgIpc) is 2.47. The van der Waals surface area contributed by atoms with Crippen molar-refractivity contribution >= 4 is 16.5 Å². The van der Waals surface area contributed by atoms with Crippen LogP contribution < -0.4 is 10.6 Å². The van der Waals surface area contributed by atoms with Crippen LogP contribution in [0.15, 0.2) is 36.4 Å². The largest absolute Gasteiger partial charge is 0.368 e. The highest BCUT2D eigenvalue weighted by Crippen LogP contribution is 2.33. The third kappa shape index (κ3) is 2.21. The van der Waals surface area contributed by atoms with E-state index < -0.39 is 0 Å². The van der Waals surface area contributed by atoms with E-state index in [4.69, 9.17) is 5.73 Å². The van der Waals surface area contributed by atoms with Crippen LogP contribution in [0.1, 0.15) is 31.7 Å². The van der Waals surface area contributed by atoms with Crippen LogP contribution in [-0.2, 0) is 6.54 Å². The number of benzene rings is 2. The fourth-order valence-corrected chi connectivity index (χ4v) is 3.23. The lowest BCUT2D eigenvalue weighted by molar-refractivity contribution is 0.486. The first-order valence-electron chi connectivity index (χ1n) is 7.28. The van der Waals surface area contributed by atoms with E-state index in [1.165, 1.54) is 47.8 Å². The van der Waals surface area contributed by atoms with Crippen LogP contribution in [-0.4, -0.2) is 12.6 Å². The maximum Gasteiger partial charge on any atom is 0.0448 e. The molecule has 1 aliphatic heterocycles. The Hall–Kier alpha value is -1.54. The van der Waals surface area contributed by atoms with Crippen molar-refractivity contribution < 1.29 is 0 Å². The van der Waals surface area contributed by atoms with Crippen LogP contribution in [0.3, 0.4) is 0 Å². The van der Waals surface area contributed by atoms with Crippen LogP contribution in [0.2, 0.25) is 0 Å². The van der Waals surface area contributed by atoms with Gasteiger partial charge in [0.2, 0.25) is 0 Å². The second kappa shape index (κ2) is 5.22. The van der Waals surface area contributed by atoms with Crippen molar-refractivity contribution in [2.24, 2.45) is 5.73 Å². The molecule has 0 amide bonds. The Morgan fingerprint density at radius 3 is 2.63 bits per heavy atom. The van der Waals surface area contributed by atoms with Crippen LogP contribution in [0.25, 0.3) is 10.8 Å². The molecule has 0 aliphatic carbocycles. The summed E-state index contributed by atoms with van der Waals surface area (Å²) in [6, 6.07) is 13.7. The lowest BCUT2D eigenvalue weighted by Crippen LogP contribution is -2.37. The smallest absolute Gasteiger partial charge is 0.0448 e. The Balaban J connectivity index is 2.13. The quantitative estimate of drug-likeness (QED) is 0.886. The lowest BCUT2D eigenvalue weighted by atomic mass is 9.98. The van der Waals surface area contributed by atoms with Gasteiger partial charge in [-0.05, 0) is 43.2 Å². The number of piperidine rings is 1. The summed E-state index contributed by atoms with van der Waals surface area (Å²) in [6.45, 7) is 4.12. The number of anilines is 1. The van der Waals surface area contributed by atoms with Gasteiger partial charge in [0.15, 0.2) is 0 Å². The van der Waals surface area contributed by atoms with Crippen LogP contribution in [0.4, 0.5) is 5.69 Å². The molecule has 2 aromatic carbocycles. The number of nitrogens with two attached hydrogens (primary N) is 1. The SMILES string of the molecule is CC1CCCCN1c1ccc(CN)c2ccccc12. The Labute approximate surface area is 115 Å². The van der Waals surface area contributed by atoms with Gasteiger partial charge in [0.05, 0.1) is 0 Å². The van der Waals surface area contributed by atoms with E-state index in [-0.39, 0.29) is 0 Å². The molecule has 1 unspecified atom stereocenters. The first-order chi connectivity index (χ1) is 9.31. The molecule has 0 aromatic heterocycles. The minimum atomic E-state index is 0.607. The first-order valence-corrected chi connectivity index (χ1v) is 7.28. The summed E-state index contributed by atoms with van der Waals surface area (Å²) in [5.41, 5.74) is 8.47. The van der Waals surface area contributed by atoms with E-state index in [1.54, 1.807) is 0 Å². The van der Waals surface area contributed by atoms with Crippen molar-refractivity contribution in [3.63, 3.8) is 0 Å². The monoisotopic (exact) mass is 254 g/mol. The van der Waals surface area contributed by atoms with Gasteiger partial charge in [-0.2, -0.15) is 0 Å². The maximum atomic E-state index is 5.86. The fraction of sp³-hybridized carbons (Fsp3) is 0.412. The van der Waals surface area contributed by atoms with E-state index in [0.717, 1.165) is 0 Å². The average molecular weight is 254 g/mol. The minimum absolute atomic E-state index is 0.607. The summed E-state index contributed by atoms with van der Waals surface area (Å²) in [5.74, 6) is 0. The zero-order valence-electron chi connectivity index (χ0n) is 11.6. The molecule has 0 bridgehead atoms. The second-order valence-electron chi connectivity index (χ2n) is 5.53. The van der Waals surface area contributed by atoms with Crippen molar-refractivity contribution in [2.45, 2.75) is 38.8 Å². The number of nitrogens with zero attached hydrogens (tertiary/aromatic N) is 1. The molecule has 0 radical (unpaired) electrons. The molecule has 1 fully saturated rings. The Morgan fingerprint density at radius 2 is 1.89 bits per heavy atom. The van der Waals surface area contributed by atoms with Gasteiger partial charge >= 0.3 is 0 Å². The third-order valence-electron chi connectivity index (χ3n) is 4.32. The number of hydrogen-bond acceptors (Lipinski definition) is 2. The van der Waals surface area contributed by atoms with Crippen molar-refractivity contribution in [3.05, 3.63) is 42.0 Å². The maximum absolute atomic E-state index is 5.86. The second-order valence-corrected chi connectivity index (χ2v) is 5.53. The molecule has 1 heterocycles. The van der Waals surface area contributed by atoms with Crippen molar-refractivity contribution in [3.8, 4) is 0 Å². The molecule has 100 valence electrons. The van der Waals surface area contributed by atoms with Gasteiger partial charge in [-0.15, -0.1) is 0 Å². The predicted molar refractivity (Wildman–Crippen MR) is 82.5 cm³/mol. The Bertz CT molecular complexity index is 576. The minimum Gasteiger partial charge on any atom is -0.368 e. The van der Waals surface area contributed by atoms with Crippen LogP contribution >= 0.6 is 0 Å². The van der Waals surface area contributed by atoms with Gasteiger partial charge in [0.25, 0.3) is 0 Å². The zero-order valence-corrected chi connectivity index (χ0v) is 11.6. The van der Waals surface area contributed by atoms with Gasteiger partial charge in [-0.25, -0.2) is 0 Å². The van der Waals surface area contributed by atoms with Crippen LogP contribution in [0, 0.1) is 0 Å². The van der Waals surface area contributed by atoms with Crippen molar-refractivity contribution in [2.75, 3.05) is 11.4 Å². The number of hydrogen-bond donors (Lipinski definition) is 1. The third-order valence-corrected chi connectivity index (χ3v) is 4.32. The van der Waals surface area contributed by atoms with E-state index >= 15 is 0 Å². The van der Waals surface area contributed by atoms with E-state index in [9.17, 15) is 0 Å². The standard InChI is InChI=1S/C17H22N2/c1-13-6-4-5-11-19(13)17-10-9-14(12-18)15-7-2-3-8-16(15)17/h2-3,7-10,13H,4-6,11-12,18H2,1H3. The van der Waals surface area contributed by atoms with E-state index in [0.29, 0.717) is 12.6 Å². The Morgan fingerprint density at radius 1 is 1.11 bits per heavy atom. The van der Waals surface area contributed by atoms with E-state index in [2.05, 4.69) is 48.2 Å². The topological polar surface area (TPSA) is 29.3 Å². The van der Waals surface area contributed by atoms with Gasteiger partial charge in [-0.1, -0.05) is 30.3 Å². The van der Waals surface area contributed by atoms with Gasteiger partial charge in [0.1, 0.15) is 0 Å². The van der Waals surface area contributed by atoms with Crippen molar-refractivity contribution in [1.29, 1.82) is 0 Å². The molecule has 19 heavy (non-hydrogen) atoms. The molecule has 0 spiro atoms. The molecule has 1 saturated heterocycles. The summed E-state index contributed by atoms with van der Waals surface area (Å²) in [4.78, 5) is 2.56. The molecular formula is C17H22N2. The summed E-state index contributed by atoms with van der Waals surface area (Å²) in [7, 11) is 0. The number of fused-ring (bicyclic) bond motifs is 1. The van der Waals surface area contributed by atoms with Crippen LogP contribution in [0.5, 0.6) is 0 Å². The Kier molecular flexibility index (Phi) is 3.43. The molecular weight excluding hydrogens is 232 g/mol. The predicted octanol–water partition coefficient (Wildman–Crippen LogP) is 3.68. The molecule has 2 nitrogen and oxygen atoms in total. The molecule has 1 atom stereocenters. The van der Waals surface area contributed by atoms with Crippen molar-refractivity contribution in [1.82, 2.24) is 0 Å². The summed E-state index contributed by atoms with van der Waals surface area (Å²) in [5, 5.41) is 2.65. The molecule has 2 heteroatoms. The van der Waals surface area contributed by atoms with Gasteiger partial charge in [0, 0.05) is 30.2 Å². The summed E-state index contributed by atoms with van der Waals surface area (Å²) < 4.78 is 0. The lowest BCUT2D eigenvalue weighted by Gasteiger charge is -2.36. The number of rotatable bonds is 2. The highest BCUT2D eigenvalue weighted by atomic mass is 15.2. The molecule has 2 aromatic rings. The zero-order chi connectivity index (χ0) is 13.2. The molecule has 0 saturated carbocycles. The molecule has 3 rings (SSSR count). The van der Waals surface area contributed by atoms with Gasteiger partial charge < -0.3 is 10.6 Å². The van der Waals surface area contributed by atoms with E-state index in [1.807, 2.05) is 0 Å². The first kappa shape index (κ1) is 12.5.